The summed E-state index contributed by atoms with van der Waals surface area (Å²) in [5, 5.41) is 15.4. The highest BCUT2D eigenvalue weighted by Crippen LogP contribution is 2.33. The topological polar surface area (TPSA) is 81.7 Å². The van der Waals surface area contributed by atoms with Crippen LogP contribution in [-0.2, 0) is 11.3 Å². The van der Waals surface area contributed by atoms with Crippen LogP contribution in [0, 0.1) is 0 Å². The second kappa shape index (κ2) is 9.25. The summed E-state index contributed by atoms with van der Waals surface area (Å²) in [6.07, 6.45) is 6.06. The van der Waals surface area contributed by atoms with Gasteiger partial charge in [-0.05, 0) is 48.1 Å². The van der Waals surface area contributed by atoms with Crippen LogP contribution in [0.5, 0.6) is 5.75 Å². The first-order chi connectivity index (χ1) is 15.1. The Hall–Kier alpha value is -3.28. The number of rotatable bonds is 5. The first-order valence-corrected chi connectivity index (χ1v) is 10.9. The molecule has 1 saturated carbocycles. The van der Waals surface area contributed by atoms with Gasteiger partial charge in [0.25, 0.3) is 0 Å². The molecule has 0 saturated heterocycles. The summed E-state index contributed by atoms with van der Waals surface area (Å²) in [6, 6.07) is 16.6. The number of amides is 3. The number of nitrogens with one attached hydrogen (secondary N) is 2. The molecule has 0 radical (unpaired) electrons. The standard InChI is InChI=1S/C25H29N3O3/c29-22-10-8-20(9-11-22)21-12-16-28(17-13-21)23(30)25(14-4-5-15-25)27-24(31)26-18-19-6-2-1-3-7-19/h1-3,6-12,29H,4-5,13-18H2,(H2,26,27,31). The van der Waals surface area contributed by atoms with Gasteiger partial charge in [0.1, 0.15) is 11.3 Å². The van der Waals surface area contributed by atoms with E-state index in [0.29, 0.717) is 32.5 Å². The van der Waals surface area contributed by atoms with Gasteiger partial charge in [-0.3, -0.25) is 4.79 Å². The number of hydrogen-bond acceptors (Lipinski definition) is 3. The predicted octanol–water partition coefficient (Wildman–Crippen LogP) is 3.82. The van der Waals surface area contributed by atoms with Crippen molar-refractivity contribution >= 4 is 17.5 Å². The van der Waals surface area contributed by atoms with E-state index in [9.17, 15) is 14.7 Å². The van der Waals surface area contributed by atoms with E-state index in [0.717, 1.165) is 30.4 Å². The molecule has 0 atom stereocenters. The van der Waals surface area contributed by atoms with Crippen molar-refractivity contribution in [3.8, 4) is 5.75 Å². The molecule has 2 aromatic carbocycles. The minimum Gasteiger partial charge on any atom is -0.508 e. The Morgan fingerprint density at radius 2 is 1.71 bits per heavy atom. The van der Waals surface area contributed by atoms with Crippen LogP contribution in [0.2, 0.25) is 0 Å². The van der Waals surface area contributed by atoms with E-state index in [1.165, 1.54) is 5.57 Å². The highest BCUT2D eigenvalue weighted by Gasteiger charge is 2.44. The molecule has 0 aromatic heterocycles. The third kappa shape index (κ3) is 4.90. The second-order valence-electron chi connectivity index (χ2n) is 8.36. The molecular formula is C25H29N3O3. The van der Waals surface area contributed by atoms with Crippen molar-refractivity contribution in [3.63, 3.8) is 0 Å². The van der Waals surface area contributed by atoms with Gasteiger partial charge in [0, 0.05) is 19.6 Å². The number of urea groups is 1. The van der Waals surface area contributed by atoms with Crippen molar-refractivity contribution in [3.05, 3.63) is 71.8 Å². The molecule has 3 amide bonds. The van der Waals surface area contributed by atoms with Crippen LogP contribution in [0.15, 0.2) is 60.7 Å². The van der Waals surface area contributed by atoms with Gasteiger partial charge >= 0.3 is 6.03 Å². The Balaban J connectivity index is 1.39. The zero-order valence-corrected chi connectivity index (χ0v) is 17.6. The van der Waals surface area contributed by atoms with Crippen molar-refractivity contribution in [2.75, 3.05) is 13.1 Å². The van der Waals surface area contributed by atoms with Crippen LogP contribution < -0.4 is 10.6 Å². The molecule has 0 spiro atoms. The van der Waals surface area contributed by atoms with Crippen LogP contribution in [0.25, 0.3) is 5.57 Å². The highest BCUT2D eigenvalue weighted by molar-refractivity contribution is 5.92. The lowest BCUT2D eigenvalue weighted by molar-refractivity contribution is -0.137. The minimum atomic E-state index is -0.815. The minimum absolute atomic E-state index is 0.0147. The number of phenols is 1. The molecule has 6 nitrogen and oxygen atoms in total. The molecule has 4 rings (SSSR count). The predicted molar refractivity (Wildman–Crippen MR) is 120 cm³/mol. The maximum atomic E-state index is 13.4. The molecule has 31 heavy (non-hydrogen) atoms. The fourth-order valence-corrected chi connectivity index (χ4v) is 4.50. The average Bonchev–Trinajstić information content (AvgIpc) is 3.28. The Labute approximate surface area is 183 Å². The fourth-order valence-electron chi connectivity index (χ4n) is 4.50. The number of nitrogens with zero attached hydrogens (tertiary/aromatic N) is 1. The van der Waals surface area contributed by atoms with Crippen LogP contribution in [-0.4, -0.2) is 40.6 Å². The van der Waals surface area contributed by atoms with Crippen LogP contribution in [0.1, 0.15) is 43.2 Å². The summed E-state index contributed by atoms with van der Waals surface area (Å²) < 4.78 is 0. The van der Waals surface area contributed by atoms with Crippen LogP contribution in [0.3, 0.4) is 0 Å². The second-order valence-corrected chi connectivity index (χ2v) is 8.36. The number of hydrogen-bond donors (Lipinski definition) is 3. The number of carbonyl (C=O) groups excluding carboxylic acids is 2. The van der Waals surface area contributed by atoms with Crippen molar-refractivity contribution in [1.82, 2.24) is 15.5 Å². The summed E-state index contributed by atoms with van der Waals surface area (Å²) >= 11 is 0. The lowest BCUT2D eigenvalue weighted by atomic mass is 9.93. The molecule has 1 aliphatic heterocycles. The van der Waals surface area contributed by atoms with Crippen LogP contribution >= 0.6 is 0 Å². The van der Waals surface area contributed by atoms with Gasteiger partial charge in [-0.25, -0.2) is 4.79 Å². The first kappa shape index (κ1) is 21.0. The van der Waals surface area contributed by atoms with Gasteiger partial charge < -0.3 is 20.6 Å². The van der Waals surface area contributed by atoms with Crippen LogP contribution in [0.4, 0.5) is 4.79 Å². The van der Waals surface area contributed by atoms with Gasteiger partial charge in [0.05, 0.1) is 0 Å². The monoisotopic (exact) mass is 419 g/mol. The molecule has 3 N–H and O–H groups in total. The normalized spacial score (nSPS) is 17.7. The zero-order valence-electron chi connectivity index (χ0n) is 17.6. The summed E-state index contributed by atoms with van der Waals surface area (Å²) in [4.78, 5) is 27.9. The van der Waals surface area contributed by atoms with E-state index in [-0.39, 0.29) is 17.7 Å². The number of phenolic OH excluding ortho intramolecular Hbond substituents is 1. The number of aromatic hydroxyl groups is 1. The largest absolute Gasteiger partial charge is 0.508 e. The van der Waals surface area contributed by atoms with E-state index in [1.54, 1.807) is 12.1 Å². The third-order valence-corrected chi connectivity index (χ3v) is 6.25. The van der Waals surface area contributed by atoms with E-state index in [2.05, 4.69) is 16.7 Å². The molecule has 0 bridgehead atoms. The van der Waals surface area contributed by atoms with Gasteiger partial charge in [0.2, 0.25) is 5.91 Å². The van der Waals surface area contributed by atoms with Crippen molar-refractivity contribution < 1.29 is 14.7 Å². The van der Waals surface area contributed by atoms with Gasteiger partial charge in [-0.15, -0.1) is 0 Å². The van der Waals surface area contributed by atoms with Crippen molar-refractivity contribution in [2.24, 2.45) is 0 Å². The van der Waals surface area contributed by atoms with E-state index >= 15 is 0 Å². The summed E-state index contributed by atoms with van der Waals surface area (Å²) in [7, 11) is 0. The SMILES string of the molecule is O=C(NCc1ccccc1)NC1(C(=O)N2CC=C(c3ccc(O)cc3)CC2)CCCC1. The van der Waals surface area contributed by atoms with Gasteiger partial charge in [0.15, 0.2) is 0 Å². The lowest BCUT2D eigenvalue weighted by Gasteiger charge is -2.36. The highest BCUT2D eigenvalue weighted by atomic mass is 16.3. The van der Waals surface area contributed by atoms with Crippen molar-refractivity contribution in [1.29, 1.82) is 0 Å². The Morgan fingerprint density at radius 1 is 1.00 bits per heavy atom. The molecule has 1 heterocycles. The quantitative estimate of drug-likeness (QED) is 0.689. The molecule has 162 valence electrons. The van der Waals surface area contributed by atoms with E-state index in [1.807, 2.05) is 47.4 Å². The maximum absolute atomic E-state index is 13.4. The molecule has 0 unspecified atom stereocenters. The maximum Gasteiger partial charge on any atom is 0.315 e. The fraction of sp³-hybridized carbons (Fsp3) is 0.360. The average molecular weight is 420 g/mol. The van der Waals surface area contributed by atoms with Gasteiger partial charge in [-0.2, -0.15) is 0 Å². The molecule has 1 fully saturated rings. The third-order valence-electron chi connectivity index (χ3n) is 6.25. The zero-order chi connectivity index (χ0) is 21.7. The molecule has 2 aromatic rings. The van der Waals surface area contributed by atoms with E-state index < -0.39 is 5.54 Å². The molecule has 2 aliphatic rings. The smallest absolute Gasteiger partial charge is 0.315 e. The Bertz CT molecular complexity index is 948. The number of carbonyl (C=O) groups is 2. The van der Waals surface area contributed by atoms with Crippen molar-refractivity contribution in [2.45, 2.75) is 44.2 Å². The molecular weight excluding hydrogens is 390 g/mol. The van der Waals surface area contributed by atoms with Gasteiger partial charge in [-0.1, -0.05) is 61.4 Å². The summed E-state index contributed by atoms with van der Waals surface area (Å²) in [6.45, 7) is 1.59. The molecule has 1 aliphatic carbocycles. The molecule has 6 heteroatoms. The Morgan fingerprint density at radius 3 is 2.35 bits per heavy atom. The first-order valence-electron chi connectivity index (χ1n) is 10.9. The number of benzene rings is 2. The lowest BCUT2D eigenvalue weighted by Crippen LogP contribution is -2.60. The summed E-state index contributed by atoms with van der Waals surface area (Å²) in [5.41, 5.74) is 2.45. The Kier molecular flexibility index (Phi) is 6.26. The summed E-state index contributed by atoms with van der Waals surface area (Å²) in [5.74, 6) is 0.262. The van der Waals surface area contributed by atoms with E-state index in [4.69, 9.17) is 0 Å².